The molecule has 6 heteroatoms. The van der Waals surface area contributed by atoms with Crippen molar-refractivity contribution < 1.29 is 19.1 Å². The predicted octanol–water partition coefficient (Wildman–Crippen LogP) is 3.89. The molecule has 2 aliphatic rings. The van der Waals surface area contributed by atoms with E-state index in [-0.39, 0.29) is 35.8 Å². The van der Waals surface area contributed by atoms with E-state index in [2.05, 4.69) is 5.32 Å². The standard InChI is InChI=1S/C25H29FN2O3/c1-16-6-7-17(12-22(16)26)15-27-24(30)18-8-10-28(11-9-18)25(31)21-13-19-4-2-3-5-20(19)14-23(21)29/h6-7,12-14,18,29H,2-5,8-11,15H2,1H3,(H,27,30). The molecule has 2 aromatic carbocycles. The smallest absolute Gasteiger partial charge is 0.257 e. The van der Waals surface area contributed by atoms with Crippen LogP contribution in [0.15, 0.2) is 30.3 Å². The summed E-state index contributed by atoms with van der Waals surface area (Å²) in [5, 5.41) is 13.3. The Balaban J connectivity index is 1.32. The second-order valence-corrected chi connectivity index (χ2v) is 8.71. The minimum Gasteiger partial charge on any atom is -0.507 e. The number of fused-ring (bicyclic) bond motifs is 1. The molecule has 164 valence electrons. The first-order chi connectivity index (χ1) is 14.9. The number of hydrogen-bond donors (Lipinski definition) is 2. The normalized spacial score (nSPS) is 16.6. The van der Waals surface area contributed by atoms with Crippen molar-refractivity contribution in [3.05, 3.63) is 64.0 Å². The molecule has 1 aliphatic heterocycles. The quantitative estimate of drug-likeness (QED) is 0.783. The summed E-state index contributed by atoms with van der Waals surface area (Å²) in [4.78, 5) is 27.2. The fourth-order valence-electron chi connectivity index (χ4n) is 4.54. The average Bonchev–Trinajstić information content (AvgIpc) is 2.79. The molecule has 1 saturated heterocycles. The van der Waals surface area contributed by atoms with E-state index in [0.29, 0.717) is 37.1 Å². The molecular weight excluding hydrogens is 395 g/mol. The van der Waals surface area contributed by atoms with Crippen LogP contribution in [0.25, 0.3) is 0 Å². The molecule has 0 unspecified atom stereocenters. The van der Waals surface area contributed by atoms with Crippen LogP contribution >= 0.6 is 0 Å². The van der Waals surface area contributed by atoms with E-state index in [4.69, 9.17) is 0 Å². The van der Waals surface area contributed by atoms with Gasteiger partial charge in [-0.05, 0) is 85.9 Å². The van der Waals surface area contributed by atoms with Gasteiger partial charge >= 0.3 is 0 Å². The van der Waals surface area contributed by atoms with Crippen LogP contribution in [0.5, 0.6) is 5.75 Å². The van der Waals surface area contributed by atoms with Gasteiger partial charge < -0.3 is 15.3 Å². The van der Waals surface area contributed by atoms with Crippen LogP contribution in [0.4, 0.5) is 4.39 Å². The van der Waals surface area contributed by atoms with Crippen LogP contribution in [0, 0.1) is 18.7 Å². The van der Waals surface area contributed by atoms with Gasteiger partial charge in [-0.25, -0.2) is 4.39 Å². The number of carbonyl (C=O) groups excluding carboxylic acids is 2. The number of benzene rings is 2. The third-order valence-corrected chi connectivity index (χ3v) is 6.55. The fraction of sp³-hybridized carbons (Fsp3) is 0.440. The molecule has 0 radical (unpaired) electrons. The summed E-state index contributed by atoms with van der Waals surface area (Å²) in [6, 6.07) is 8.56. The number of aryl methyl sites for hydroxylation is 3. The lowest BCUT2D eigenvalue weighted by Gasteiger charge is -2.32. The number of likely N-dealkylation sites (tertiary alicyclic amines) is 1. The van der Waals surface area contributed by atoms with Gasteiger partial charge in [0.1, 0.15) is 11.6 Å². The van der Waals surface area contributed by atoms with E-state index >= 15 is 0 Å². The summed E-state index contributed by atoms with van der Waals surface area (Å²) in [6.07, 6.45) is 5.28. The van der Waals surface area contributed by atoms with Gasteiger partial charge in [0, 0.05) is 25.6 Å². The summed E-state index contributed by atoms with van der Waals surface area (Å²) in [7, 11) is 0. The first kappa shape index (κ1) is 21.3. The zero-order valence-electron chi connectivity index (χ0n) is 17.9. The van der Waals surface area contributed by atoms with Gasteiger partial charge in [-0.1, -0.05) is 12.1 Å². The van der Waals surface area contributed by atoms with Crippen molar-refractivity contribution in [3.8, 4) is 5.75 Å². The molecule has 5 nitrogen and oxygen atoms in total. The van der Waals surface area contributed by atoms with E-state index in [1.165, 1.54) is 6.07 Å². The Hall–Kier alpha value is -2.89. The third kappa shape index (κ3) is 4.73. The Bertz CT molecular complexity index is 997. The molecule has 1 aliphatic carbocycles. The van der Waals surface area contributed by atoms with Crippen molar-refractivity contribution in [1.82, 2.24) is 10.2 Å². The molecule has 2 amide bonds. The Kier molecular flexibility index (Phi) is 6.25. The predicted molar refractivity (Wildman–Crippen MR) is 116 cm³/mol. The van der Waals surface area contributed by atoms with E-state index < -0.39 is 0 Å². The summed E-state index contributed by atoms with van der Waals surface area (Å²) in [6.45, 7) is 2.95. The molecule has 4 rings (SSSR count). The van der Waals surface area contributed by atoms with Gasteiger partial charge in [0.05, 0.1) is 5.56 Å². The maximum Gasteiger partial charge on any atom is 0.257 e. The van der Waals surface area contributed by atoms with Crippen molar-refractivity contribution in [2.24, 2.45) is 5.92 Å². The van der Waals surface area contributed by atoms with Gasteiger partial charge in [0.25, 0.3) is 5.91 Å². The SMILES string of the molecule is Cc1ccc(CNC(=O)C2CCN(C(=O)c3cc4c(cc3O)CCCC4)CC2)cc1F. The number of phenolic OH excluding ortho intramolecular Hbond substituents is 1. The molecular formula is C25H29FN2O3. The lowest BCUT2D eigenvalue weighted by atomic mass is 9.89. The monoisotopic (exact) mass is 424 g/mol. The van der Waals surface area contributed by atoms with Crippen LogP contribution < -0.4 is 5.32 Å². The lowest BCUT2D eigenvalue weighted by molar-refractivity contribution is -0.126. The van der Waals surface area contributed by atoms with Crippen LogP contribution in [0.1, 0.15) is 58.3 Å². The highest BCUT2D eigenvalue weighted by molar-refractivity contribution is 5.97. The Morgan fingerprint density at radius 2 is 1.77 bits per heavy atom. The number of aromatic hydroxyl groups is 1. The summed E-state index contributed by atoms with van der Waals surface area (Å²) in [5.74, 6) is -0.624. The minimum atomic E-state index is -0.274. The number of halogens is 1. The van der Waals surface area contributed by atoms with Crippen molar-refractivity contribution in [1.29, 1.82) is 0 Å². The second-order valence-electron chi connectivity index (χ2n) is 8.71. The summed E-state index contributed by atoms with van der Waals surface area (Å²) >= 11 is 0. The van der Waals surface area contributed by atoms with Crippen LogP contribution in [-0.2, 0) is 24.2 Å². The Morgan fingerprint density at radius 1 is 1.10 bits per heavy atom. The highest BCUT2D eigenvalue weighted by atomic mass is 19.1. The number of phenols is 1. The van der Waals surface area contributed by atoms with Gasteiger partial charge in [-0.2, -0.15) is 0 Å². The van der Waals surface area contributed by atoms with Crippen molar-refractivity contribution in [2.75, 3.05) is 13.1 Å². The number of nitrogens with one attached hydrogen (secondary N) is 1. The number of rotatable bonds is 4. The average molecular weight is 425 g/mol. The lowest BCUT2D eigenvalue weighted by Crippen LogP contribution is -2.43. The fourth-order valence-corrected chi connectivity index (χ4v) is 4.54. The molecule has 2 aromatic rings. The van der Waals surface area contributed by atoms with Crippen LogP contribution in [-0.4, -0.2) is 34.9 Å². The van der Waals surface area contributed by atoms with E-state index in [9.17, 15) is 19.1 Å². The first-order valence-corrected chi connectivity index (χ1v) is 11.1. The molecule has 1 fully saturated rings. The maximum absolute atomic E-state index is 13.7. The Labute approximate surface area is 182 Å². The van der Waals surface area contributed by atoms with Crippen molar-refractivity contribution in [3.63, 3.8) is 0 Å². The third-order valence-electron chi connectivity index (χ3n) is 6.55. The minimum absolute atomic E-state index is 0.0517. The van der Waals surface area contributed by atoms with Crippen LogP contribution in [0.3, 0.4) is 0 Å². The molecule has 0 saturated carbocycles. The zero-order chi connectivity index (χ0) is 22.0. The molecule has 0 aromatic heterocycles. The van der Waals surface area contributed by atoms with Crippen LogP contribution in [0.2, 0.25) is 0 Å². The highest BCUT2D eigenvalue weighted by Gasteiger charge is 2.29. The van der Waals surface area contributed by atoms with Crippen molar-refractivity contribution >= 4 is 11.8 Å². The number of carbonyl (C=O) groups is 2. The molecule has 31 heavy (non-hydrogen) atoms. The topological polar surface area (TPSA) is 69.6 Å². The van der Waals surface area contributed by atoms with Gasteiger partial charge in [0.2, 0.25) is 5.91 Å². The second kappa shape index (κ2) is 9.08. The van der Waals surface area contributed by atoms with E-state index in [1.807, 2.05) is 12.1 Å². The molecule has 0 bridgehead atoms. The number of piperidine rings is 1. The Morgan fingerprint density at radius 3 is 2.45 bits per heavy atom. The van der Waals surface area contributed by atoms with Gasteiger partial charge in [-0.15, -0.1) is 0 Å². The molecule has 2 N–H and O–H groups in total. The van der Waals surface area contributed by atoms with E-state index in [0.717, 1.165) is 42.4 Å². The first-order valence-electron chi connectivity index (χ1n) is 11.1. The number of hydrogen-bond acceptors (Lipinski definition) is 3. The molecule has 0 atom stereocenters. The van der Waals surface area contributed by atoms with Gasteiger partial charge in [-0.3, -0.25) is 9.59 Å². The largest absolute Gasteiger partial charge is 0.507 e. The number of nitrogens with zero attached hydrogens (tertiary/aromatic N) is 1. The molecule has 1 heterocycles. The van der Waals surface area contributed by atoms with Gasteiger partial charge in [0.15, 0.2) is 0 Å². The zero-order valence-corrected chi connectivity index (χ0v) is 17.9. The number of amides is 2. The van der Waals surface area contributed by atoms with Crippen molar-refractivity contribution in [2.45, 2.75) is 52.0 Å². The summed E-state index contributed by atoms with van der Waals surface area (Å²) in [5.41, 5.74) is 3.98. The highest BCUT2D eigenvalue weighted by Crippen LogP contribution is 2.30. The van der Waals surface area contributed by atoms with E-state index in [1.54, 1.807) is 24.0 Å². The molecule has 0 spiro atoms. The summed E-state index contributed by atoms with van der Waals surface area (Å²) < 4.78 is 13.7. The maximum atomic E-state index is 13.7.